The van der Waals surface area contributed by atoms with Gasteiger partial charge >= 0.3 is 0 Å². The van der Waals surface area contributed by atoms with Crippen LogP contribution in [-0.2, 0) is 24.2 Å². The number of ether oxygens (including phenoxy) is 2. The number of nitrogens with zero attached hydrogens (tertiary/aromatic N) is 2. The van der Waals surface area contributed by atoms with Crippen molar-refractivity contribution in [2.75, 3.05) is 12.0 Å². The zero-order valence-corrected chi connectivity index (χ0v) is 26.0. The summed E-state index contributed by atoms with van der Waals surface area (Å²) in [6.45, 7) is 4.26. The number of amidine groups is 1. The van der Waals surface area contributed by atoms with E-state index in [4.69, 9.17) is 14.5 Å². The molecule has 1 aliphatic rings. The molecular weight excluding hydrogens is 615 g/mol. The first-order valence-corrected chi connectivity index (χ1v) is 15.3. The SMILES string of the molecule is CCc1ccc(N=C2S/C(=C\c3cc(OC)c(OCc4ccccc4F)cc3Br)C(=O)N2c2ccc(CC)cc2)cc1. The molecular formula is C34H30BrFN2O3S. The number of carbonyl (C=O) groups is 1. The lowest BCUT2D eigenvalue weighted by atomic mass is 10.1. The van der Waals surface area contributed by atoms with Crippen molar-refractivity contribution in [2.24, 2.45) is 4.99 Å². The van der Waals surface area contributed by atoms with Gasteiger partial charge in [0, 0.05) is 10.0 Å². The minimum absolute atomic E-state index is 0.0507. The van der Waals surface area contributed by atoms with Gasteiger partial charge < -0.3 is 9.47 Å². The predicted molar refractivity (Wildman–Crippen MR) is 173 cm³/mol. The second-order valence-electron chi connectivity index (χ2n) is 9.59. The van der Waals surface area contributed by atoms with Crippen LogP contribution in [-0.4, -0.2) is 18.2 Å². The minimum Gasteiger partial charge on any atom is -0.493 e. The van der Waals surface area contributed by atoms with Crippen molar-refractivity contribution in [3.05, 3.63) is 122 Å². The molecule has 5 nitrogen and oxygen atoms in total. The van der Waals surface area contributed by atoms with E-state index in [0.29, 0.717) is 31.6 Å². The number of thioether (sulfide) groups is 1. The minimum atomic E-state index is -0.332. The van der Waals surface area contributed by atoms with Crippen molar-refractivity contribution in [1.82, 2.24) is 0 Å². The molecule has 1 amide bonds. The van der Waals surface area contributed by atoms with Crippen LogP contribution in [0.4, 0.5) is 15.8 Å². The van der Waals surface area contributed by atoms with E-state index in [1.807, 2.05) is 42.5 Å². The second kappa shape index (κ2) is 13.4. The summed E-state index contributed by atoms with van der Waals surface area (Å²) < 4.78 is 26.3. The Hall–Kier alpha value is -3.88. The molecule has 0 N–H and O–H groups in total. The summed E-state index contributed by atoms with van der Waals surface area (Å²) in [6.07, 6.45) is 3.67. The van der Waals surface area contributed by atoms with Crippen molar-refractivity contribution in [2.45, 2.75) is 33.3 Å². The molecule has 4 aromatic rings. The van der Waals surface area contributed by atoms with E-state index < -0.39 is 0 Å². The molecule has 1 fully saturated rings. The highest BCUT2D eigenvalue weighted by molar-refractivity contribution is 9.10. The number of methoxy groups -OCH3 is 1. The summed E-state index contributed by atoms with van der Waals surface area (Å²) in [5.41, 5.74) is 5.12. The molecule has 214 valence electrons. The van der Waals surface area contributed by atoms with Crippen molar-refractivity contribution < 1.29 is 18.7 Å². The Morgan fingerprint density at radius 2 is 1.60 bits per heavy atom. The zero-order valence-electron chi connectivity index (χ0n) is 23.6. The number of hydrogen-bond acceptors (Lipinski definition) is 5. The van der Waals surface area contributed by atoms with Gasteiger partial charge in [0.05, 0.1) is 23.4 Å². The lowest BCUT2D eigenvalue weighted by Crippen LogP contribution is -2.28. The molecule has 0 aliphatic carbocycles. The number of rotatable bonds is 9. The normalized spacial score (nSPS) is 15.1. The van der Waals surface area contributed by atoms with Gasteiger partial charge in [-0.2, -0.15) is 0 Å². The molecule has 4 aromatic carbocycles. The van der Waals surface area contributed by atoms with Gasteiger partial charge in [0.1, 0.15) is 12.4 Å². The monoisotopic (exact) mass is 644 g/mol. The summed E-state index contributed by atoms with van der Waals surface area (Å²) in [5.74, 6) is 0.421. The van der Waals surface area contributed by atoms with E-state index in [9.17, 15) is 9.18 Å². The molecule has 0 saturated carbocycles. The van der Waals surface area contributed by atoms with Crippen LogP contribution in [0.2, 0.25) is 0 Å². The van der Waals surface area contributed by atoms with E-state index in [-0.39, 0.29) is 18.3 Å². The van der Waals surface area contributed by atoms with Crippen LogP contribution >= 0.6 is 27.7 Å². The van der Waals surface area contributed by atoms with Gasteiger partial charge in [-0.3, -0.25) is 9.69 Å². The van der Waals surface area contributed by atoms with Crippen LogP contribution in [0.5, 0.6) is 11.5 Å². The molecule has 0 atom stereocenters. The molecule has 42 heavy (non-hydrogen) atoms. The maximum Gasteiger partial charge on any atom is 0.271 e. The molecule has 0 radical (unpaired) electrons. The van der Waals surface area contributed by atoms with Gasteiger partial charge in [0.2, 0.25) is 0 Å². The fraction of sp³-hybridized carbons (Fsp3) is 0.176. The summed E-state index contributed by atoms with van der Waals surface area (Å²) in [5, 5.41) is 0.577. The maximum atomic E-state index is 14.1. The first-order valence-electron chi connectivity index (χ1n) is 13.6. The molecule has 8 heteroatoms. The Kier molecular flexibility index (Phi) is 9.45. The summed E-state index contributed by atoms with van der Waals surface area (Å²) >= 11 is 4.94. The van der Waals surface area contributed by atoms with E-state index >= 15 is 0 Å². The van der Waals surface area contributed by atoms with Crippen molar-refractivity contribution in [1.29, 1.82) is 0 Å². The largest absolute Gasteiger partial charge is 0.493 e. The first kappa shape index (κ1) is 29.6. The average molecular weight is 646 g/mol. The third-order valence-electron chi connectivity index (χ3n) is 6.89. The third-order valence-corrected chi connectivity index (χ3v) is 8.54. The van der Waals surface area contributed by atoms with Gasteiger partial charge in [0.15, 0.2) is 16.7 Å². The fourth-order valence-electron chi connectivity index (χ4n) is 4.42. The second-order valence-corrected chi connectivity index (χ2v) is 11.5. The Morgan fingerprint density at radius 3 is 2.24 bits per heavy atom. The molecule has 0 aromatic heterocycles. The van der Waals surface area contributed by atoms with Gasteiger partial charge in [-0.15, -0.1) is 0 Å². The topological polar surface area (TPSA) is 51.1 Å². The van der Waals surface area contributed by atoms with Crippen LogP contribution in [0.15, 0.2) is 99.3 Å². The molecule has 1 saturated heterocycles. The third kappa shape index (κ3) is 6.61. The summed E-state index contributed by atoms with van der Waals surface area (Å²) in [4.78, 5) is 20.9. The summed E-state index contributed by atoms with van der Waals surface area (Å²) in [6, 6.07) is 26.1. The smallest absolute Gasteiger partial charge is 0.271 e. The maximum absolute atomic E-state index is 14.1. The van der Waals surface area contributed by atoms with Crippen LogP contribution in [0.25, 0.3) is 6.08 Å². The number of aryl methyl sites for hydroxylation is 2. The van der Waals surface area contributed by atoms with Crippen molar-refractivity contribution in [3.8, 4) is 11.5 Å². The molecule has 0 spiro atoms. The van der Waals surface area contributed by atoms with Crippen LogP contribution < -0.4 is 14.4 Å². The van der Waals surface area contributed by atoms with Gasteiger partial charge in [0.25, 0.3) is 5.91 Å². The van der Waals surface area contributed by atoms with Crippen LogP contribution in [0.3, 0.4) is 0 Å². The Balaban J connectivity index is 1.48. The lowest BCUT2D eigenvalue weighted by Gasteiger charge is -2.16. The van der Waals surface area contributed by atoms with E-state index in [1.165, 1.54) is 29.0 Å². The number of halogens is 2. The van der Waals surface area contributed by atoms with E-state index in [2.05, 4.69) is 41.9 Å². The van der Waals surface area contributed by atoms with Crippen molar-refractivity contribution >= 4 is 56.2 Å². The fourth-order valence-corrected chi connectivity index (χ4v) is 5.85. The highest BCUT2D eigenvalue weighted by Crippen LogP contribution is 2.40. The molecule has 0 unspecified atom stereocenters. The molecule has 0 bridgehead atoms. The van der Waals surface area contributed by atoms with Crippen LogP contribution in [0, 0.1) is 5.82 Å². The number of aliphatic imine (C=N–C) groups is 1. The van der Waals surface area contributed by atoms with E-state index in [0.717, 1.165) is 29.8 Å². The van der Waals surface area contributed by atoms with Crippen molar-refractivity contribution in [3.63, 3.8) is 0 Å². The highest BCUT2D eigenvalue weighted by Gasteiger charge is 2.35. The number of anilines is 1. The standard InChI is InChI=1S/C34H30BrFN2O3S/c1-4-22-10-14-26(15-11-22)37-34-38(27-16-12-23(5-2)13-17-27)33(39)32(42-34)19-25-18-30(40-3)31(20-28(25)35)41-21-24-8-6-7-9-29(24)36/h6-20H,4-5,21H2,1-3H3/b32-19-,37-34?. The Morgan fingerprint density at radius 1 is 0.929 bits per heavy atom. The van der Waals surface area contributed by atoms with E-state index in [1.54, 1.807) is 42.3 Å². The summed E-state index contributed by atoms with van der Waals surface area (Å²) in [7, 11) is 1.54. The van der Waals surface area contributed by atoms with Crippen LogP contribution in [0.1, 0.15) is 36.1 Å². The van der Waals surface area contributed by atoms with Gasteiger partial charge in [-0.1, -0.05) is 72.2 Å². The predicted octanol–water partition coefficient (Wildman–Crippen LogP) is 9.11. The average Bonchev–Trinajstić information content (AvgIpc) is 3.31. The lowest BCUT2D eigenvalue weighted by molar-refractivity contribution is -0.113. The number of hydrogen-bond donors (Lipinski definition) is 0. The Labute approximate surface area is 258 Å². The first-order chi connectivity index (χ1) is 20.4. The zero-order chi connectivity index (χ0) is 29.6. The van der Waals surface area contributed by atoms with Gasteiger partial charge in [-0.05, 0) is 89.8 Å². The molecule has 5 rings (SSSR count). The molecule has 1 aliphatic heterocycles. The number of benzene rings is 4. The quantitative estimate of drug-likeness (QED) is 0.171. The number of amides is 1. The highest BCUT2D eigenvalue weighted by atomic mass is 79.9. The Bertz CT molecular complexity index is 1650. The molecule has 1 heterocycles. The number of carbonyl (C=O) groups excluding carboxylic acids is 1. The van der Waals surface area contributed by atoms with Gasteiger partial charge in [-0.25, -0.2) is 9.38 Å².